The van der Waals surface area contributed by atoms with E-state index in [0.717, 1.165) is 25.9 Å². The normalized spacial score (nSPS) is 18.8. The highest BCUT2D eigenvalue weighted by Gasteiger charge is 2.27. The number of amides is 4. The van der Waals surface area contributed by atoms with Crippen LogP contribution in [0.5, 0.6) is 0 Å². The first-order valence-electron chi connectivity index (χ1n) is 11.6. The van der Waals surface area contributed by atoms with Crippen molar-refractivity contribution in [2.75, 3.05) is 27.2 Å². The summed E-state index contributed by atoms with van der Waals surface area (Å²) in [5, 5.41) is 5.77. The minimum Gasteiger partial charge on any atom is -0.336 e. The summed E-state index contributed by atoms with van der Waals surface area (Å²) in [6.07, 6.45) is 1.84. The number of likely N-dealkylation sites (N-methyl/N-ethyl adjacent to an activating group) is 2. The van der Waals surface area contributed by atoms with Gasteiger partial charge in [0, 0.05) is 27.2 Å². The maximum Gasteiger partial charge on any atom is 0.317 e. The Balaban J connectivity index is 0.000000277. The summed E-state index contributed by atoms with van der Waals surface area (Å²) in [5.41, 5.74) is 2.55. The van der Waals surface area contributed by atoms with Gasteiger partial charge in [0.1, 0.15) is 0 Å². The van der Waals surface area contributed by atoms with E-state index >= 15 is 0 Å². The van der Waals surface area contributed by atoms with Gasteiger partial charge >= 0.3 is 12.1 Å². The number of hydrogen-bond donors (Lipinski definition) is 2. The number of carbonyl (C=O) groups is 2. The minimum atomic E-state index is 0.0333. The van der Waals surface area contributed by atoms with Gasteiger partial charge in [-0.1, -0.05) is 88.4 Å². The Hall–Kier alpha value is -3.02. The lowest BCUT2D eigenvalue weighted by Crippen LogP contribution is -2.31. The Kier molecular flexibility index (Phi) is 12.6. The Bertz CT molecular complexity index is 781. The fourth-order valence-electron chi connectivity index (χ4n) is 3.49. The van der Waals surface area contributed by atoms with Crippen molar-refractivity contribution in [3.05, 3.63) is 71.8 Å². The lowest BCUT2D eigenvalue weighted by atomic mass is 10.1. The highest BCUT2D eigenvalue weighted by molar-refractivity contribution is 5.77. The van der Waals surface area contributed by atoms with Crippen molar-refractivity contribution < 1.29 is 9.59 Å². The Morgan fingerprint density at radius 3 is 1.69 bits per heavy atom. The topological polar surface area (TPSA) is 64.7 Å². The molecule has 2 aromatic carbocycles. The van der Waals surface area contributed by atoms with E-state index in [1.807, 2.05) is 78.2 Å². The summed E-state index contributed by atoms with van der Waals surface area (Å²) in [7, 11) is 3.66. The van der Waals surface area contributed by atoms with Gasteiger partial charge in [-0.15, -0.1) is 0 Å². The molecule has 4 rings (SSSR count). The van der Waals surface area contributed by atoms with Crippen molar-refractivity contribution in [1.82, 2.24) is 20.4 Å². The van der Waals surface area contributed by atoms with E-state index in [0.29, 0.717) is 6.04 Å². The minimum absolute atomic E-state index is 0.0333. The van der Waals surface area contributed by atoms with Gasteiger partial charge in [-0.05, 0) is 24.0 Å². The van der Waals surface area contributed by atoms with Gasteiger partial charge in [0.05, 0.1) is 12.1 Å². The molecule has 0 saturated carbocycles. The second-order valence-electron chi connectivity index (χ2n) is 7.36. The van der Waals surface area contributed by atoms with Gasteiger partial charge in [-0.25, -0.2) is 9.59 Å². The first-order valence-corrected chi connectivity index (χ1v) is 11.6. The molecule has 0 aromatic heterocycles. The van der Waals surface area contributed by atoms with E-state index in [4.69, 9.17) is 0 Å². The lowest BCUT2D eigenvalue weighted by Gasteiger charge is -2.17. The largest absolute Gasteiger partial charge is 0.336 e. The highest BCUT2D eigenvalue weighted by Crippen LogP contribution is 2.11. The van der Waals surface area contributed by atoms with Crippen molar-refractivity contribution in [1.29, 1.82) is 0 Å². The summed E-state index contributed by atoms with van der Waals surface area (Å²) in [4.78, 5) is 25.9. The van der Waals surface area contributed by atoms with Gasteiger partial charge in [0.25, 0.3) is 0 Å². The van der Waals surface area contributed by atoms with Crippen LogP contribution in [0.2, 0.25) is 0 Å². The summed E-state index contributed by atoms with van der Waals surface area (Å²) in [6.45, 7) is 9.55. The Labute approximate surface area is 194 Å². The molecule has 2 aromatic rings. The summed E-state index contributed by atoms with van der Waals surface area (Å²) < 4.78 is 0. The molecule has 2 unspecified atom stereocenters. The predicted octanol–water partition coefficient (Wildman–Crippen LogP) is 4.56. The first kappa shape index (κ1) is 27.0. The number of nitrogens with one attached hydrogen (secondary N) is 2. The number of carbonyl (C=O) groups excluding carboxylic acids is 2. The monoisotopic (exact) mass is 440 g/mol. The molecule has 0 aliphatic carbocycles. The molecule has 2 aliphatic rings. The molecule has 0 bridgehead atoms. The van der Waals surface area contributed by atoms with E-state index in [2.05, 4.69) is 34.9 Å². The Morgan fingerprint density at radius 2 is 1.28 bits per heavy atom. The number of hydrogen-bond acceptors (Lipinski definition) is 2. The van der Waals surface area contributed by atoms with E-state index in [9.17, 15) is 9.59 Å². The van der Waals surface area contributed by atoms with Crippen LogP contribution in [0.25, 0.3) is 0 Å². The maximum atomic E-state index is 11.2. The molecular formula is C26H40N4O2. The predicted molar refractivity (Wildman–Crippen MR) is 133 cm³/mol. The van der Waals surface area contributed by atoms with Crippen LogP contribution in [0, 0.1) is 0 Å². The molecule has 0 radical (unpaired) electrons. The zero-order chi connectivity index (χ0) is 23.9. The van der Waals surface area contributed by atoms with Crippen molar-refractivity contribution in [3.8, 4) is 0 Å². The SMILES string of the molecule is CC.CC.CN1C(=O)NCC1Cc1ccccc1.CN1CC(Cc2ccccc2)NC1=O. The second-order valence-corrected chi connectivity index (χ2v) is 7.36. The first-order chi connectivity index (χ1) is 15.5. The van der Waals surface area contributed by atoms with E-state index < -0.39 is 0 Å². The average Bonchev–Trinajstić information content (AvgIpc) is 3.33. The quantitative estimate of drug-likeness (QED) is 0.732. The third kappa shape index (κ3) is 8.61. The lowest BCUT2D eigenvalue weighted by molar-refractivity contribution is 0.216. The molecule has 32 heavy (non-hydrogen) atoms. The molecule has 2 fully saturated rings. The van der Waals surface area contributed by atoms with Crippen LogP contribution in [-0.2, 0) is 12.8 Å². The zero-order valence-corrected chi connectivity index (χ0v) is 20.5. The molecule has 6 heteroatoms. The smallest absolute Gasteiger partial charge is 0.317 e. The van der Waals surface area contributed by atoms with Crippen LogP contribution < -0.4 is 10.6 Å². The molecule has 2 saturated heterocycles. The number of nitrogens with zero attached hydrogens (tertiary/aromatic N) is 2. The van der Waals surface area contributed by atoms with E-state index in [1.165, 1.54) is 11.1 Å². The van der Waals surface area contributed by atoms with Crippen LogP contribution in [0.1, 0.15) is 38.8 Å². The number of urea groups is 2. The van der Waals surface area contributed by atoms with Crippen LogP contribution in [0.15, 0.2) is 60.7 Å². The molecule has 6 nitrogen and oxygen atoms in total. The van der Waals surface area contributed by atoms with Crippen molar-refractivity contribution in [2.45, 2.75) is 52.6 Å². The highest BCUT2D eigenvalue weighted by atomic mass is 16.2. The maximum absolute atomic E-state index is 11.2. The van der Waals surface area contributed by atoms with Crippen molar-refractivity contribution >= 4 is 12.1 Å². The zero-order valence-electron chi connectivity index (χ0n) is 20.5. The molecule has 4 amide bonds. The van der Waals surface area contributed by atoms with Gasteiger partial charge in [-0.3, -0.25) is 0 Å². The van der Waals surface area contributed by atoms with Gasteiger partial charge in [0.15, 0.2) is 0 Å². The fraction of sp³-hybridized carbons (Fsp3) is 0.462. The third-order valence-corrected chi connectivity index (χ3v) is 5.16. The van der Waals surface area contributed by atoms with Gasteiger partial charge < -0.3 is 20.4 Å². The second kappa shape index (κ2) is 14.9. The van der Waals surface area contributed by atoms with E-state index in [-0.39, 0.29) is 18.1 Å². The Morgan fingerprint density at radius 1 is 0.781 bits per heavy atom. The molecule has 2 aliphatic heterocycles. The molecule has 2 heterocycles. The van der Waals surface area contributed by atoms with Gasteiger partial charge in [-0.2, -0.15) is 0 Å². The number of benzene rings is 2. The van der Waals surface area contributed by atoms with Crippen molar-refractivity contribution in [2.24, 2.45) is 0 Å². The summed E-state index contributed by atoms with van der Waals surface area (Å²) >= 11 is 0. The fourth-order valence-corrected chi connectivity index (χ4v) is 3.49. The summed E-state index contributed by atoms with van der Waals surface area (Å²) in [5.74, 6) is 0. The van der Waals surface area contributed by atoms with Crippen LogP contribution >= 0.6 is 0 Å². The molecule has 2 atom stereocenters. The molecule has 0 spiro atoms. The van der Waals surface area contributed by atoms with Crippen LogP contribution in [0.3, 0.4) is 0 Å². The molecule has 2 N–H and O–H groups in total. The summed E-state index contributed by atoms with van der Waals surface area (Å²) in [6, 6.07) is 21.1. The third-order valence-electron chi connectivity index (χ3n) is 5.16. The standard InChI is InChI=1S/2C11H14N2O.2C2H6/c1-13-8-10(12-11(13)14)7-9-5-3-2-4-6-9;1-13-10(8-12-11(13)14)7-9-5-3-2-4-6-9;2*1-2/h2*2-6,10H,7-8H2,1H3,(H,12,14);2*1-2H3. The van der Waals surface area contributed by atoms with Crippen LogP contribution in [0.4, 0.5) is 9.59 Å². The van der Waals surface area contributed by atoms with Gasteiger partial charge in [0.2, 0.25) is 0 Å². The molecular weight excluding hydrogens is 400 g/mol. The van der Waals surface area contributed by atoms with Crippen LogP contribution in [-0.4, -0.2) is 61.1 Å². The number of rotatable bonds is 4. The average molecular weight is 441 g/mol. The van der Waals surface area contributed by atoms with E-state index in [1.54, 1.807) is 9.80 Å². The van der Waals surface area contributed by atoms with Crippen molar-refractivity contribution in [3.63, 3.8) is 0 Å². The molecule has 176 valence electrons.